The van der Waals surface area contributed by atoms with Gasteiger partial charge in [0.1, 0.15) is 17.6 Å². The lowest BCUT2D eigenvalue weighted by molar-refractivity contribution is 0.0543. The van der Waals surface area contributed by atoms with Gasteiger partial charge in [-0.1, -0.05) is 18.2 Å². The van der Waals surface area contributed by atoms with Crippen molar-refractivity contribution in [3.05, 3.63) is 58.5 Å². The summed E-state index contributed by atoms with van der Waals surface area (Å²) >= 11 is 3.22. The Morgan fingerprint density at radius 3 is 2.62 bits per heavy atom. The van der Waals surface area contributed by atoms with E-state index >= 15 is 0 Å². The van der Waals surface area contributed by atoms with Crippen molar-refractivity contribution in [2.24, 2.45) is 0 Å². The second-order valence-corrected chi connectivity index (χ2v) is 9.10. The largest absolute Gasteiger partial charge is 0.496 e. The van der Waals surface area contributed by atoms with E-state index in [-0.39, 0.29) is 12.5 Å². The van der Waals surface area contributed by atoms with E-state index in [9.17, 15) is 9.90 Å². The number of nitrogens with zero attached hydrogens (tertiary/aromatic N) is 1. The maximum Gasteiger partial charge on any atom is 0.264 e. The highest BCUT2D eigenvalue weighted by Gasteiger charge is 2.33. The molecule has 5 nitrogen and oxygen atoms in total. The molecule has 1 atom stereocenters. The molecular weight excluding hydrogens is 406 g/mol. The molecule has 148 valence electrons. The molecule has 3 heterocycles. The van der Waals surface area contributed by atoms with Crippen molar-refractivity contribution in [2.45, 2.75) is 12.6 Å². The molecule has 0 saturated heterocycles. The zero-order chi connectivity index (χ0) is 20.1. The quantitative estimate of drug-likeness (QED) is 0.511. The number of carbonyl (C=O) groups excluding carboxylic acids is 1. The van der Waals surface area contributed by atoms with Crippen molar-refractivity contribution in [3.8, 4) is 11.5 Å². The number of carbonyl (C=O) groups is 1. The number of rotatable bonds is 3. The number of hydrogen-bond donors (Lipinski definition) is 1. The number of fused-ring (bicyclic) bond motifs is 4. The smallest absolute Gasteiger partial charge is 0.264 e. The van der Waals surface area contributed by atoms with Crippen LogP contribution in [0.4, 0.5) is 0 Å². The van der Waals surface area contributed by atoms with Crippen LogP contribution in [0, 0.1) is 0 Å². The van der Waals surface area contributed by atoms with E-state index in [0.29, 0.717) is 28.5 Å². The van der Waals surface area contributed by atoms with Crippen LogP contribution >= 0.6 is 22.7 Å². The van der Waals surface area contributed by atoms with Crippen molar-refractivity contribution < 1.29 is 19.4 Å². The van der Waals surface area contributed by atoms with Crippen LogP contribution in [-0.4, -0.2) is 36.7 Å². The lowest BCUT2D eigenvalue weighted by atomic mass is 9.95. The van der Waals surface area contributed by atoms with E-state index in [1.54, 1.807) is 36.5 Å². The fourth-order valence-corrected chi connectivity index (χ4v) is 6.48. The number of benzene rings is 2. The first-order valence-electron chi connectivity index (χ1n) is 9.23. The predicted molar refractivity (Wildman–Crippen MR) is 116 cm³/mol. The van der Waals surface area contributed by atoms with Gasteiger partial charge < -0.3 is 19.5 Å². The minimum Gasteiger partial charge on any atom is -0.496 e. The van der Waals surface area contributed by atoms with E-state index in [4.69, 9.17) is 9.47 Å². The van der Waals surface area contributed by atoms with Crippen LogP contribution in [-0.2, 0) is 6.54 Å². The van der Waals surface area contributed by atoms with Gasteiger partial charge in [0.25, 0.3) is 5.91 Å². The second-order valence-electron chi connectivity index (χ2n) is 6.97. The highest BCUT2D eigenvalue weighted by molar-refractivity contribution is 7.33. The summed E-state index contributed by atoms with van der Waals surface area (Å²) in [7, 11) is 3.17. The second kappa shape index (κ2) is 7.02. The number of β-amino-alcohol motifs (C(OH)–C–C–N with tert-alkyl or cyclic N) is 1. The van der Waals surface area contributed by atoms with Gasteiger partial charge in [0.15, 0.2) is 0 Å². The third-order valence-electron chi connectivity index (χ3n) is 5.34. The maximum atomic E-state index is 13.3. The van der Waals surface area contributed by atoms with Gasteiger partial charge in [0.05, 0.1) is 36.9 Å². The van der Waals surface area contributed by atoms with E-state index in [2.05, 4.69) is 12.1 Å². The molecule has 5 rings (SSSR count). The lowest BCUT2D eigenvalue weighted by Gasteiger charge is -2.33. The van der Waals surface area contributed by atoms with E-state index in [1.807, 2.05) is 24.3 Å². The summed E-state index contributed by atoms with van der Waals surface area (Å²) in [5, 5.41) is 12.0. The van der Waals surface area contributed by atoms with Crippen molar-refractivity contribution in [2.75, 3.05) is 20.8 Å². The standard InChI is InChI=1S/C22H19NO4S2/c1-26-15-7-8-16(27-2)20-13(15)10-23(11-14(20)24)22(25)19-9-18-21(29-19)12-5-3-4-6-17(12)28-18/h3-9,14,24H,10-11H2,1-2H3. The van der Waals surface area contributed by atoms with Gasteiger partial charge in [-0.15, -0.1) is 22.7 Å². The summed E-state index contributed by atoms with van der Waals surface area (Å²) in [6, 6.07) is 13.8. The molecule has 0 bridgehead atoms. The van der Waals surface area contributed by atoms with Gasteiger partial charge in [0.2, 0.25) is 0 Å². The molecule has 0 spiro atoms. The van der Waals surface area contributed by atoms with Gasteiger partial charge in [0, 0.05) is 25.9 Å². The van der Waals surface area contributed by atoms with Gasteiger partial charge in [-0.05, 0) is 24.3 Å². The van der Waals surface area contributed by atoms with Crippen molar-refractivity contribution in [1.82, 2.24) is 4.90 Å². The van der Waals surface area contributed by atoms with Crippen molar-refractivity contribution >= 4 is 48.1 Å². The maximum absolute atomic E-state index is 13.3. The molecule has 1 N–H and O–H groups in total. The van der Waals surface area contributed by atoms with Crippen LogP contribution in [0.3, 0.4) is 0 Å². The molecule has 2 aromatic carbocycles. The summed E-state index contributed by atoms with van der Waals surface area (Å²) in [6.07, 6.45) is -0.824. The zero-order valence-electron chi connectivity index (χ0n) is 16.0. The van der Waals surface area contributed by atoms with E-state index in [0.717, 1.165) is 15.0 Å². The first-order valence-corrected chi connectivity index (χ1v) is 10.9. The Morgan fingerprint density at radius 1 is 1.07 bits per heavy atom. The number of hydrogen-bond acceptors (Lipinski definition) is 6. The predicted octanol–water partition coefficient (Wildman–Crippen LogP) is 4.82. The van der Waals surface area contributed by atoms with Gasteiger partial charge >= 0.3 is 0 Å². The summed E-state index contributed by atoms with van der Waals surface area (Å²) in [6.45, 7) is 0.597. The molecule has 2 aromatic heterocycles. The summed E-state index contributed by atoms with van der Waals surface area (Å²) in [5.41, 5.74) is 1.50. The topological polar surface area (TPSA) is 59.0 Å². The number of aliphatic hydroxyl groups is 1. The van der Waals surface area contributed by atoms with Crippen LogP contribution in [0.5, 0.6) is 11.5 Å². The van der Waals surface area contributed by atoms with E-state index < -0.39 is 6.10 Å². The van der Waals surface area contributed by atoms with Crippen LogP contribution < -0.4 is 9.47 Å². The minimum absolute atomic E-state index is 0.0722. The summed E-state index contributed by atoms with van der Waals surface area (Å²) < 4.78 is 14.4. The van der Waals surface area contributed by atoms with Crippen molar-refractivity contribution in [3.63, 3.8) is 0 Å². The highest BCUT2D eigenvalue weighted by atomic mass is 32.1. The number of aliphatic hydroxyl groups excluding tert-OH is 1. The Bertz CT molecular complexity index is 1240. The van der Waals surface area contributed by atoms with Crippen LogP contribution in [0.25, 0.3) is 19.5 Å². The van der Waals surface area contributed by atoms with Gasteiger partial charge in [-0.3, -0.25) is 4.79 Å². The van der Waals surface area contributed by atoms with Crippen LogP contribution in [0.15, 0.2) is 42.5 Å². The average molecular weight is 426 g/mol. The minimum atomic E-state index is -0.824. The molecule has 0 fully saturated rings. The first-order chi connectivity index (χ1) is 14.1. The number of methoxy groups -OCH3 is 2. The average Bonchev–Trinajstić information content (AvgIpc) is 3.30. The van der Waals surface area contributed by atoms with Gasteiger partial charge in [-0.2, -0.15) is 0 Å². The molecular formula is C22H19NO4S2. The van der Waals surface area contributed by atoms with Gasteiger partial charge in [-0.25, -0.2) is 0 Å². The highest BCUT2D eigenvalue weighted by Crippen LogP contribution is 2.42. The SMILES string of the molecule is COc1ccc(OC)c2c1CN(C(=O)c1cc3sc4ccccc4c3s1)CC2O. The van der Waals surface area contributed by atoms with Crippen molar-refractivity contribution in [1.29, 1.82) is 0 Å². The Labute approximate surface area is 175 Å². The molecule has 29 heavy (non-hydrogen) atoms. The monoisotopic (exact) mass is 425 g/mol. The summed E-state index contributed by atoms with van der Waals surface area (Å²) in [5.74, 6) is 1.19. The summed E-state index contributed by atoms with van der Waals surface area (Å²) in [4.78, 5) is 15.6. The Kier molecular flexibility index (Phi) is 4.46. The van der Waals surface area contributed by atoms with Crippen LogP contribution in [0.1, 0.15) is 26.9 Å². The lowest BCUT2D eigenvalue weighted by Crippen LogP contribution is -2.38. The third kappa shape index (κ3) is 2.88. The Hall–Kier alpha value is -2.61. The molecule has 0 radical (unpaired) electrons. The van der Waals surface area contributed by atoms with E-state index in [1.165, 1.54) is 21.4 Å². The zero-order valence-corrected chi connectivity index (χ0v) is 17.6. The first kappa shape index (κ1) is 18.4. The molecule has 7 heteroatoms. The number of thiophene rings is 2. The molecule has 1 amide bonds. The molecule has 0 saturated carbocycles. The number of amides is 1. The molecule has 1 aliphatic rings. The normalized spacial score (nSPS) is 16.2. The molecule has 4 aromatic rings. The number of ether oxygens (including phenoxy) is 2. The molecule has 0 aliphatic carbocycles. The molecule has 1 aliphatic heterocycles. The fourth-order valence-electron chi connectivity index (χ4n) is 3.99. The van der Waals surface area contributed by atoms with Crippen LogP contribution in [0.2, 0.25) is 0 Å². The third-order valence-corrected chi connectivity index (χ3v) is 7.74. The Morgan fingerprint density at radius 2 is 1.83 bits per heavy atom. The fraction of sp³-hybridized carbons (Fsp3) is 0.227. The Balaban J connectivity index is 1.52. The molecule has 1 unspecified atom stereocenters.